The summed E-state index contributed by atoms with van der Waals surface area (Å²) in [5.74, 6) is 0.992. The van der Waals surface area contributed by atoms with Gasteiger partial charge in [-0.2, -0.15) is 0 Å². The molecular formula is C23H32BNO6. The van der Waals surface area contributed by atoms with Crippen LogP contribution in [0.5, 0.6) is 5.75 Å². The van der Waals surface area contributed by atoms with Crippen molar-refractivity contribution in [2.75, 3.05) is 21.3 Å². The molecule has 0 saturated carbocycles. The predicted octanol–water partition coefficient (Wildman–Crippen LogP) is 3.35. The highest BCUT2D eigenvalue weighted by atomic mass is 16.7. The van der Waals surface area contributed by atoms with Crippen molar-refractivity contribution in [3.63, 3.8) is 0 Å². The van der Waals surface area contributed by atoms with Crippen molar-refractivity contribution in [1.82, 2.24) is 0 Å². The summed E-state index contributed by atoms with van der Waals surface area (Å²) in [5.41, 5.74) is 1.89. The zero-order chi connectivity index (χ0) is 23.0. The summed E-state index contributed by atoms with van der Waals surface area (Å²) in [6.07, 6.45) is 1.01. The van der Waals surface area contributed by atoms with Crippen molar-refractivity contribution in [3.8, 4) is 5.75 Å². The van der Waals surface area contributed by atoms with Crippen LogP contribution in [0.1, 0.15) is 53.0 Å². The minimum absolute atomic E-state index is 0.00636. The van der Waals surface area contributed by atoms with Crippen LogP contribution in [0.2, 0.25) is 0 Å². The molecule has 0 radical (unpaired) electrons. The highest BCUT2D eigenvalue weighted by Crippen LogP contribution is 2.41. The molecule has 1 aromatic carbocycles. The number of rotatable bonds is 7. The standard InChI is InChI=1S/C23H32BNO6/c1-14(25-29-8)11-15-12-19(28-7)20(21(15)26)17-13-16(9-10-18(17)27-6)24-30-22(2,3)23(4,5)31-24/h9-10,13,15H,11-12H2,1-8H3. The Morgan fingerprint density at radius 3 is 2.32 bits per heavy atom. The van der Waals surface area contributed by atoms with Crippen LogP contribution in [0.4, 0.5) is 0 Å². The Morgan fingerprint density at radius 2 is 1.77 bits per heavy atom. The Kier molecular flexibility index (Phi) is 6.53. The van der Waals surface area contributed by atoms with Crippen LogP contribution in [0, 0.1) is 5.92 Å². The van der Waals surface area contributed by atoms with Gasteiger partial charge in [-0.3, -0.25) is 4.79 Å². The van der Waals surface area contributed by atoms with Crippen LogP contribution < -0.4 is 10.2 Å². The molecule has 1 atom stereocenters. The average molecular weight is 429 g/mol. The molecule has 0 N–H and O–H groups in total. The number of hydrogen-bond donors (Lipinski definition) is 0. The van der Waals surface area contributed by atoms with E-state index in [1.807, 2.05) is 52.8 Å². The lowest BCUT2D eigenvalue weighted by Crippen LogP contribution is -2.41. The molecule has 31 heavy (non-hydrogen) atoms. The minimum atomic E-state index is -0.537. The number of carbonyl (C=O) groups excluding carboxylic acids is 1. The first-order valence-electron chi connectivity index (χ1n) is 10.5. The van der Waals surface area contributed by atoms with Crippen LogP contribution in [0.15, 0.2) is 29.1 Å². The van der Waals surface area contributed by atoms with Crippen molar-refractivity contribution >= 4 is 29.6 Å². The maximum Gasteiger partial charge on any atom is 0.494 e. The normalized spacial score (nSPS) is 22.8. The van der Waals surface area contributed by atoms with Crippen molar-refractivity contribution in [2.24, 2.45) is 11.1 Å². The lowest BCUT2D eigenvalue weighted by molar-refractivity contribution is -0.116. The number of nitrogens with zero attached hydrogens (tertiary/aromatic N) is 1. The number of carbonyl (C=O) groups is 1. The largest absolute Gasteiger partial charge is 0.500 e. The summed E-state index contributed by atoms with van der Waals surface area (Å²) < 4.78 is 23.6. The number of ether oxygens (including phenoxy) is 2. The maximum absolute atomic E-state index is 13.4. The second-order valence-electron chi connectivity index (χ2n) is 9.03. The van der Waals surface area contributed by atoms with Gasteiger partial charge in [0.2, 0.25) is 0 Å². The summed E-state index contributed by atoms with van der Waals surface area (Å²) in [4.78, 5) is 18.2. The molecule has 1 heterocycles. The quantitative estimate of drug-likeness (QED) is 0.376. The monoisotopic (exact) mass is 429 g/mol. The lowest BCUT2D eigenvalue weighted by Gasteiger charge is -2.32. The topological polar surface area (TPSA) is 75.6 Å². The van der Waals surface area contributed by atoms with E-state index in [0.717, 1.165) is 11.2 Å². The first-order chi connectivity index (χ1) is 14.5. The summed E-state index contributed by atoms with van der Waals surface area (Å²) >= 11 is 0. The molecule has 1 aromatic rings. The Morgan fingerprint density at radius 1 is 1.13 bits per heavy atom. The van der Waals surface area contributed by atoms with Gasteiger partial charge in [0, 0.05) is 17.9 Å². The van der Waals surface area contributed by atoms with Gasteiger partial charge in [0.05, 0.1) is 36.7 Å². The van der Waals surface area contributed by atoms with E-state index in [1.54, 1.807) is 14.2 Å². The SMILES string of the molecule is CON=C(C)CC1CC(OC)=C(c2cc(B3OC(C)(C)C(C)(C)O3)ccc2OC)C1=O. The van der Waals surface area contributed by atoms with E-state index < -0.39 is 18.3 Å². The Balaban J connectivity index is 1.98. The first kappa shape index (κ1) is 23.4. The smallest absolute Gasteiger partial charge is 0.494 e. The molecule has 0 amide bonds. The molecule has 2 aliphatic rings. The summed E-state index contributed by atoms with van der Waals surface area (Å²) in [6.45, 7) is 9.90. The first-order valence-corrected chi connectivity index (χ1v) is 10.5. The Bertz CT molecular complexity index is 905. The van der Waals surface area contributed by atoms with Crippen molar-refractivity contribution in [3.05, 3.63) is 29.5 Å². The van der Waals surface area contributed by atoms with Crippen LogP contribution in [-0.2, 0) is 23.7 Å². The number of methoxy groups -OCH3 is 2. The van der Waals surface area contributed by atoms with Crippen molar-refractivity contribution in [2.45, 2.75) is 58.7 Å². The fraction of sp³-hybridized carbons (Fsp3) is 0.565. The van der Waals surface area contributed by atoms with Crippen LogP contribution in [0.25, 0.3) is 5.57 Å². The van der Waals surface area contributed by atoms with Gasteiger partial charge < -0.3 is 23.6 Å². The summed E-state index contributed by atoms with van der Waals surface area (Å²) in [5, 5.41) is 3.95. The molecule has 0 bridgehead atoms. The molecule has 7 nitrogen and oxygen atoms in total. The molecule has 3 rings (SSSR count). The molecular weight excluding hydrogens is 397 g/mol. The Labute approximate surface area is 184 Å². The van der Waals surface area contributed by atoms with E-state index in [4.69, 9.17) is 23.6 Å². The third kappa shape index (κ3) is 4.37. The number of allylic oxidation sites excluding steroid dienone is 2. The zero-order valence-electron chi connectivity index (χ0n) is 19.7. The third-order valence-electron chi connectivity index (χ3n) is 6.38. The molecule has 1 aliphatic heterocycles. The number of benzene rings is 1. The average Bonchev–Trinajstić information content (AvgIpc) is 3.13. The van der Waals surface area contributed by atoms with Crippen LogP contribution >= 0.6 is 0 Å². The van der Waals surface area contributed by atoms with E-state index in [-0.39, 0.29) is 11.7 Å². The van der Waals surface area contributed by atoms with Gasteiger partial charge in [-0.15, -0.1) is 0 Å². The van der Waals surface area contributed by atoms with Gasteiger partial charge in [0.25, 0.3) is 0 Å². The highest BCUT2D eigenvalue weighted by Gasteiger charge is 2.52. The predicted molar refractivity (Wildman–Crippen MR) is 120 cm³/mol. The molecule has 168 valence electrons. The van der Waals surface area contributed by atoms with Crippen molar-refractivity contribution < 1.29 is 28.4 Å². The van der Waals surface area contributed by atoms with Gasteiger partial charge in [-0.25, -0.2) is 0 Å². The fourth-order valence-corrected chi connectivity index (χ4v) is 3.99. The van der Waals surface area contributed by atoms with Crippen LogP contribution in [0.3, 0.4) is 0 Å². The molecule has 8 heteroatoms. The highest BCUT2D eigenvalue weighted by molar-refractivity contribution is 6.62. The molecule has 1 fully saturated rings. The molecule has 1 aliphatic carbocycles. The molecule has 1 saturated heterocycles. The lowest BCUT2D eigenvalue weighted by atomic mass is 9.77. The van der Waals surface area contributed by atoms with Gasteiger partial charge >= 0.3 is 7.12 Å². The van der Waals surface area contributed by atoms with Gasteiger partial charge in [-0.05, 0) is 52.6 Å². The molecule has 0 aromatic heterocycles. The van der Waals surface area contributed by atoms with Crippen LogP contribution in [-0.4, -0.2) is 51.1 Å². The third-order valence-corrected chi connectivity index (χ3v) is 6.38. The van der Waals surface area contributed by atoms with Gasteiger partial charge in [0.15, 0.2) is 5.78 Å². The number of Topliss-reactive ketones (excluding diaryl/α,β-unsaturated/α-hetero) is 1. The minimum Gasteiger partial charge on any atom is -0.500 e. The van der Waals surface area contributed by atoms with E-state index in [2.05, 4.69) is 5.16 Å². The number of hydrogen-bond acceptors (Lipinski definition) is 7. The van der Waals surface area contributed by atoms with Gasteiger partial charge in [-0.1, -0.05) is 17.3 Å². The summed E-state index contributed by atoms with van der Waals surface area (Å²) in [6, 6.07) is 5.66. The van der Waals surface area contributed by atoms with E-state index in [1.165, 1.54) is 7.11 Å². The summed E-state index contributed by atoms with van der Waals surface area (Å²) in [7, 11) is 4.14. The van der Waals surface area contributed by atoms with E-state index in [0.29, 0.717) is 35.5 Å². The fourth-order valence-electron chi connectivity index (χ4n) is 3.99. The van der Waals surface area contributed by atoms with Crippen molar-refractivity contribution in [1.29, 1.82) is 0 Å². The van der Waals surface area contributed by atoms with E-state index >= 15 is 0 Å². The number of ketones is 1. The number of oxime groups is 1. The second-order valence-corrected chi connectivity index (χ2v) is 9.03. The second kappa shape index (κ2) is 8.67. The zero-order valence-corrected chi connectivity index (χ0v) is 19.7. The Hall–Kier alpha value is -2.32. The molecule has 1 unspecified atom stereocenters. The van der Waals surface area contributed by atoms with E-state index in [9.17, 15) is 4.79 Å². The van der Waals surface area contributed by atoms with Gasteiger partial charge in [0.1, 0.15) is 18.6 Å². The maximum atomic E-state index is 13.4. The molecule has 0 spiro atoms.